The molecular formula is C11H26N2. The van der Waals surface area contributed by atoms with Gasteiger partial charge in [0.1, 0.15) is 0 Å². The van der Waals surface area contributed by atoms with E-state index in [-0.39, 0.29) is 0 Å². The highest BCUT2D eigenvalue weighted by Gasteiger charge is 2.11. The van der Waals surface area contributed by atoms with E-state index >= 15 is 0 Å². The minimum atomic E-state index is 0.532. The van der Waals surface area contributed by atoms with E-state index in [4.69, 9.17) is 5.84 Å². The smallest absolute Gasteiger partial charge is 0.0213 e. The molecule has 0 aliphatic carbocycles. The molecule has 0 saturated heterocycles. The summed E-state index contributed by atoms with van der Waals surface area (Å²) in [5.41, 5.74) is 2.94. The van der Waals surface area contributed by atoms with Crippen LogP contribution >= 0.6 is 0 Å². The first kappa shape index (κ1) is 12.9. The first-order valence-electron chi connectivity index (χ1n) is 5.74. The van der Waals surface area contributed by atoms with Gasteiger partial charge in [0.15, 0.2) is 0 Å². The summed E-state index contributed by atoms with van der Waals surface area (Å²) in [6.45, 7) is 6.76. The van der Waals surface area contributed by atoms with Gasteiger partial charge in [-0.1, -0.05) is 46.5 Å². The molecule has 0 amide bonds. The minimum Gasteiger partial charge on any atom is -0.271 e. The lowest BCUT2D eigenvalue weighted by Gasteiger charge is -2.20. The van der Waals surface area contributed by atoms with Crippen molar-refractivity contribution in [1.82, 2.24) is 5.43 Å². The van der Waals surface area contributed by atoms with Gasteiger partial charge in [0, 0.05) is 6.04 Å². The minimum absolute atomic E-state index is 0.532. The Kier molecular flexibility index (Phi) is 8.46. The third kappa shape index (κ3) is 6.05. The highest BCUT2D eigenvalue weighted by molar-refractivity contribution is 4.68. The largest absolute Gasteiger partial charge is 0.271 e. The van der Waals surface area contributed by atoms with Crippen LogP contribution in [0.5, 0.6) is 0 Å². The SMILES string of the molecule is CCCCC(CC(CC)CC)NN. The zero-order valence-corrected chi connectivity index (χ0v) is 9.47. The average Bonchev–Trinajstić information content (AvgIpc) is 2.19. The average molecular weight is 186 g/mol. The summed E-state index contributed by atoms with van der Waals surface area (Å²) in [6.07, 6.45) is 7.57. The fourth-order valence-electron chi connectivity index (χ4n) is 1.74. The topological polar surface area (TPSA) is 38.0 Å². The number of hydrazine groups is 1. The van der Waals surface area contributed by atoms with Crippen molar-refractivity contribution >= 4 is 0 Å². The first-order valence-corrected chi connectivity index (χ1v) is 5.74. The van der Waals surface area contributed by atoms with Crippen molar-refractivity contribution in [2.75, 3.05) is 0 Å². The van der Waals surface area contributed by atoms with Crippen molar-refractivity contribution in [2.45, 2.75) is 65.3 Å². The molecule has 80 valence electrons. The van der Waals surface area contributed by atoms with E-state index in [0.29, 0.717) is 6.04 Å². The zero-order valence-electron chi connectivity index (χ0n) is 9.47. The number of hydrogen-bond acceptors (Lipinski definition) is 2. The molecule has 0 bridgehead atoms. The molecule has 0 aliphatic heterocycles. The number of unbranched alkanes of at least 4 members (excludes halogenated alkanes) is 1. The maximum absolute atomic E-state index is 5.52. The van der Waals surface area contributed by atoms with Crippen LogP contribution < -0.4 is 11.3 Å². The van der Waals surface area contributed by atoms with E-state index in [2.05, 4.69) is 26.2 Å². The highest BCUT2D eigenvalue weighted by atomic mass is 15.2. The Hall–Kier alpha value is -0.0800. The number of hydrogen-bond donors (Lipinski definition) is 2. The van der Waals surface area contributed by atoms with E-state index in [1.54, 1.807) is 0 Å². The molecule has 0 fully saturated rings. The second-order valence-corrected chi connectivity index (χ2v) is 3.92. The molecule has 2 heteroatoms. The van der Waals surface area contributed by atoms with Gasteiger partial charge in [0.05, 0.1) is 0 Å². The molecule has 0 aliphatic rings. The lowest BCUT2D eigenvalue weighted by Crippen LogP contribution is -2.36. The Bertz CT molecular complexity index is 100. The summed E-state index contributed by atoms with van der Waals surface area (Å²) in [4.78, 5) is 0. The van der Waals surface area contributed by atoms with Crippen LogP contribution in [0, 0.1) is 5.92 Å². The molecule has 1 atom stereocenters. The van der Waals surface area contributed by atoms with Crippen LogP contribution in [0.15, 0.2) is 0 Å². The van der Waals surface area contributed by atoms with Crippen LogP contribution in [0.3, 0.4) is 0 Å². The second kappa shape index (κ2) is 8.52. The standard InChI is InChI=1S/C11H26N2/c1-4-7-8-11(13-12)9-10(5-2)6-3/h10-11,13H,4-9,12H2,1-3H3. The third-order valence-corrected chi connectivity index (χ3v) is 2.91. The molecule has 0 heterocycles. The van der Waals surface area contributed by atoms with Gasteiger partial charge < -0.3 is 0 Å². The van der Waals surface area contributed by atoms with E-state index in [1.165, 1.54) is 38.5 Å². The molecule has 0 radical (unpaired) electrons. The van der Waals surface area contributed by atoms with Crippen molar-refractivity contribution < 1.29 is 0 Å². The summed E-state index contributed by atoms with van der Waals surface area (Å²) in [6, 6.07) is 0.532. The van der Waals surface area contributed by atoms with E-state index in [0.717, 1.165) is 5.92 Å². The van der Waals surface area contributed by atoms with Crippen LogP contribution in [0.4, 0.5) is 0 Å². The summed E-state index contributed by atoms with van der Waals surface area (Å²) in [5.74, 6) is 6.37. The van der Waals surface area contributed by atoms with Crippen LogP contribution in [-0.4, -0.2) is 6.04 Å². The van der Waals surface area contributed by atoms with Gasteiger partial charge in [-0.25, -0.2) is 0 Å². The number of nitrogens with two attached hydrogens (primary N) is 1. The highest BCUT2D eigenvalue weighted by Crippen LogP contribution is 2.17. The molecule has 0 aromatic rings. The van der Waals surface area contributed by atoms with Gasteiger partial charge in [0.2, 0.25) is 0 Å². The van der Waals surface area contributed by atoms with Crippen LogP contribution in [0.25, 0.3) is 0 Å². The predicted molar refractivity (Wildman–Crippen MR) is 59.3 cm³/mol. The van der Waals surface area contributed by atoms with Crippen molar-refractivity contribution in [2.24, 2.45) is 11.8 Å². The third-order valence-electron chi connectivity index (χ3n) is 2.91. The van der Waals surface area contributed by atoms with E-state index < -0.39 is 0 Å². The fraction of sp³-hybridized carbons (Fsp3) is 1.00. The molecule has 2 nitrogen and oxygen atoms in total. The molecule has 3 N–H and O–H groups in total. The number of nitrogens with one attached hydrogen (secondary N) is 1. The normalized spacial score (nSPS) is 13.6. The first-order chi connectivity index (χ1) is 6.28. The van der Waals surface area contributed by atoms with Gasteiger partial charge >= 0.3 is 0 Å². The van der Waals surface area contributed by atoms with Crippen molar-refractivity contribution in [3.05, 3.63) is 0 Å². The van der Waals surface area contributed by atoms with Crippen molar-refractivity contribution in [3.8, 4) is 0 Å². The van der Waals surface area contributed by atoms with Gasteiger partial charge in [-0.15, -0.1) is 0 Å². The Labute approximate surface area is 83.2 Å². The van der Waals surface area contributed by atoms with Crippen LogP contribution in [-0.2, 0) is 0 Å². The summed E-state index contributed by atoms with van der Waals surface area (Å²) in [5, 5.41) is 0. The van der Waals surface area contributed by atoms with Crippen molar-refractivity contribution in [1.29, 1.82) is 0 Å². The molecule has 0 saturated carbocycles. The summed E-state index contributed by atoms with van der Waals surface area (Å²) < 4.78 is 0. The fourth-order valence-corrected chi connectivity index (χ4v) is 1.74. The van der Waals surface area contributed by atoms with E-state index in [9.17, 15) is 0 Å². The predicted octanol–water partition coefficient (Wildman–Crippen LogP) is 2.83. The Morgan fingerprint density at radius 2 is 1.77 bits per heavy atom. The molecular weight excluding hydrogens is 160 g/mol. The quantitative estimate of drug-likeness (QED) is 0.452. The van der Waals surface area contributed by atoms with Gasteiger partial charge in [-0.3, -0.25) is 11.3 Å². The van der Waals surface area contributed by atoms with Gasteiger partial charge in [-0.2, -0.15) is 0 Å². The molecule has 0 aromatic carbocycles. The Morgan fingerprint density at radius 1 is 1.15 bits per heavy atom. The molecule has 0 spiro atoms. The van der Waals surface area contributed by atoms with Crippen LogP contribution in [0.2, 0.25) is 0 Å². The number of rotatable bonds is 8. The molecule has 1 unspecified atom stereocenters. The van der Waals surface area contributed by atoms with E-state index in [1.807, 2.05) is 0 Å². The molecule has 13 heavy (non-hydrogen) atoms. The summed E-state index contributed by atoms with van der Waals surface area (Å²) >= 11 is 0. The molecule has 0 aromatic heterocycles. The maximum atomic E-state index is 5.52. The van der Waals surface area contributed by atoms with Crippen LogP contribution in [0.1, 0.15) is 59.3 Å². The molecule has 0 rings (SSSR count). The Balaban J connectivity index is 3.67. The van der Waals surface area contributed by atoms with Crippen molar-refractivity contribution in [3.63, 3.8) is 0 Å². The second-order valence-electron chi connectivity index (χ2n) is 3.92. The maximum Gasteiger partial charge on any atom is 0.0213 e. The zero-order chi connectivity index (χ0) is 10.1. The Morgan fingerprint density at radius 3 is 2.15 bits per heavy atom. The lowest BCUT2D eigenvalue weighted by atomic mass is 9.93. The van der Waals surface area contributed by atoms with Gasteiger partial charge in [0.25, 0.3) is 0 Å². The monoisotopic (exact) mass is 186 g/mol. The summed E-state index contributed by atoms with van der Waals surface area (Å²) in [7, 11) is 0. The lowest BCUT2D eigenvalue weighted by molar-refractivity contribution is 0.349. The van der Waals surface area contributed by atoms with Gasteiger partial charge in [-0.05, 0) is 18.8 Å².